The Morgan fingerprint density at radius 1 is 1.39 bits per heavy atom. The van der Waals surface area contributed by atoms with Crippen molar-refractivity contribution in [3.8, 4) is 0 Å². The SMILES string of the molecule is CNC1CCCN(C(=O)COC2CCOCC2)C1. The molecule has 0 bridgehead atoms. The number of amides is 1. The zero-order valence-corrected chi connectivity index (χ0v) is 11.2. The average Bonchev–Trinajstić information content (AvgIpc) is 2.46. The molecule has 0 spiro atoms. The van der Waals surface area contributed by atoms with Gasteiger partial charge in [0.2, 0.25) is 5.91 Å². The molecule has 2 saturated heterocycles. The fourth-order valence-electron chi connectivity index (χ4n) is 2.56. The molecular weight excluding hydrogens is 232 g/mol. The van der Waals surface area contributed by atoms with Crippen LogP contribution in [0.15, 0.2) is 0 Å². The zero-order chi connectivity index (χ0) is 12.8. The molecule has 0 aromatic heterocycles. The molecule has 0 saturated carbocycles. The van der Waals surface area contributed by atoms with E-state index in [0.29, 0.717) is 6.04 Å². The van der Waals surface area contributed by atoms with Gasteiger partial charge in [0.1, 0.15) is 6.61 Å². The van der Waals surface area contributed by atoms with Gasteiger partial charge < -0.3 is 19.7 Å². The first-order chi connectivity index (χ1) is 8.79. The molecular formula is C13H24N2O3. The van der Waals surface area contributed by atoms with Crippen molar-refractivity contribution in [1.29, 1.82) is 0 Å². The second kappa shape index (κ2) is 7.07. The molecule has 18 heavy (non-hydrogen) atoms. The van der Waals surface area contributed by atoms with Gasteiger partial charge >= 0.3 is 0 Å². The van der Waals surface area contributed by atoms with Gasteiger partial charge in [-0.2, -0.15) is 0 Å². The van der Waals surface area contributed by atoms with Crippen molar-refractivity contribution in [1.82, 2.24) is 10.2 Å². The Hall–Kier alpha value is -0.650. The van der Waals surface area contributed by atoms with Gasteiger partial charge in [0, 0.05) is 32.3 Å². The summed E-state index contributed by atoms with van der Waals surface area (Å²) in [6.45, 7) is 3.41. The smallest absolute Gasteiger partial charge is 0.248 e. The van der Waals surface area contributed by atoms with Crippen molar-refractivity contribution in [3.63, 3.8) is 0 Å². The van der Waals surface area contributed by atoms with Crippen molar-refractivity contribution >= 4 is 5.91 Å². The number of likely N-dealkylation sites (N-methyl/N-ethyl adjacent to an activating group) is 1. The number of nitrogens with one attached hydrogen (secondary N) is 1. The van der Waals surface area contributed by atoms with Crippen molar-refractivity contribution in [2.24, 2.45) is 0 Å². The van der Waals surface area contributed by atoms with E-state index >= 15 is 0 Å². The summed E-state index contributed by atoms with van der Waals surface area (Å²) < 4.78 is 10.9. The molecule has 2 fully saturated rings. The van der Waals surface area contributed by atoms with E-state index in [1.165, 1.54) is 0 Å². The Bertz CT molecular complexity index is 267. The molecule has 0 aromatic rings. The van der Waals surface area contributed by atoms with Crippen LogP contribution < -0.4 is 5.32 Å². The van der Waals surface area contributed by atoms with E-state index in [0.717, 1.165) is 52.0 Å². The largest absolute Gasteiger partial charge is 0.381 e. The van der Waals surface area contributed by atoms with Crippen LogP contribution in [0.4, 0.5) is 0 Å². The maximum Gasteiger partial charge on any atom is 0.248 e. The number of hydrogen-bond acceptors (Lipinski definition) is 4. The number of nitrogens with zero attached hydrogens (tertiary/aromatic N) is 1. The van der Waals surface area contributed by atoms with Gasteiger partial charge in [0.25, 0.3) is 0 Å². The Kier molecular flexibility index (Phi) is 5.41. The minimum Gasteiger partial charge on any atom is -0.381 e. The van der Waals surface area contributed by atoms with Crippen molar-refractivity contribution < 1.29 is 14.3 Å². The van der Waals surface area contributed by atoms with Crippen molar-refractivity contribution in [3.05, 3.63) is 0 Å². The first kappa shape index (κ1) is 13.8. The van der Waals surface area contributed by atoms with E-state index < -0.39 is 0 Å². The molecule has 2 heterocycles. The molecule has 2 aliphatic rings. The topological polar surface area (TPSA) is 50.8 Å². The minimum absolute atomic E-state index is 0.126. The Morgan fingerprint density at radius 2 is 2.17 bits per heavy atom. The summed E-state index contributed by atoms with van der Waals surface area (Å²) in [7, 11) is 1.96. The van der Waals surface area contributed by atoms with Crippen LogP contribution in [0.5, 0.6) is 0 Å². The maximum absolute atomic E-state index is 12.0. The third-order valence-corrected chi connectivity index (χ3v) is 3.79. The number of rotatable bonds is 4. The van der Waals surface area contributed by atoms with Gasteiger partial charge in [-0.25, -0.2) is 0 Å². The van der Waals surface area contributed by atoms with Crippen LogP contribution in [0.25, 0.3) is 0 Å². The van der Waals surface area contributed by atoms with Crippen LogP contribution in [0, 0.1) is 0 Å². The zero-order valence-electron chi connectivity index (χ0n) is 11.2. The molecule has 1 atom stereocenters. The number of piperidine rings is 1. The summed E-state index contributed by atoms with van der Waals surface area (Å²) in [5.74, 6) is 0.126. The first-order valence-electron chi connectivity index (χ1n) is 6.94. The van der Waals surface area contributed by atoms with Crippen molar-refractivity contribution in [2.45, 2.75) is 37.8 Å². The van der Waals surface area contributed by atoms with Crippen LogP contribution in [-0.2, 0) is 14.3 Å². The lowest BCUT2D eigenvalue weighted by Gasteiger charge is -2.33. The summed E-state index contributed by atoms with van der Waals surface area (Å²) in [4.78, 5) is 14.0. The molecule has 2 aliphatic heterocycles. The third-order valence-electron chi connectivity index (χ3n) is 3.79. The quantitative estimate of drug-likeness (QED) is 0.790. The Morgan fingerprint density at radius 3 is 2.89 bits per heavy atom. The average molecular weight is 256 g/mol. The number of likely N-dealkylation sites (tertiary alicyclic amines) is 1. The van der Waals surface area contributed by atoms with Crippen molar-refractivity contribution in [2.75, 3.05) is 40.0 Å². The van der Waals surface area contributed by atoms with Gasteiger partial charge in [-0.3, -0.25) is 4.79 Å². The van der Waals surface area contributed by atoms with E-state index in [4.69, 9.17) is 9.47 Å². The van der Waals surface area contributed by atoms with Crippen LogP contribution in [0.1, 0.15) is 25.7 Å². The van der Waals surface area contributed by atoms with Crippen LogP contribution in [0.3, 0.4) is 0 Å². The molecule has 5 nitrogen and oxygen atoms in total. The maximum atomic E-state index is 12.0. The lowest BCUT2D eigenvalue weighted by molar-refractivity contribution is -0.141. The highest BCUT2D eigenvalue weighted by atomic mass is 16.5. The molecule has 1 unspecified atom stereocenters. The van der Waals surface area contributed by atoms with Gasteiger partial charge in [-0.05, 0) is 32.7 Å². The Labute approximate surface area is 109 Å². The predicted molar refractivity (Wildman–Crippen MR) is 68.5 cm³/mol. The lowest BCUT2D eigenvalue weighted by atomic mass is 10.1. The molecule has 1 N–H and O–H groups in total. The summed E-state index contributed by atoms with van der Waals surface area (Å²) in [6.07, 6.45) is 4.25. The molecule has 104 valence electrons. The van der Waals surface area contributed by atoms with Gasteiger partial charge in [-0.15, -0.1) is 0 Å². The standard InChI is InChI=1S/C13H24N2O3/c1-14-11-3-2-6-15(9-11)13(16)10-18-12-4-7-17-8-5-12/h11-12,14H,2-10H2,1H3. The van der Waals surface area contributed by atoms with Gasteiger partial charge in [-0.1, -0.05) is 0 Å². The highest BCUT2D eigenvalue weighted by Gasteiger charge is 2.23. The monoisotopic (exact) mass is 256 g/mol. The fraction of sp³-hybridized carbons (Fsp3) is 0.923. The van der Waals surface area contributed by atoms with Gasteiger partial charge in [0.15, 0.2) is 0 Å². The van der Waals surface area contributed by atoms with E-state index in [-0.39, 0.29) is 18.6 Å². The normalized spacial score (nSPS) is 26.3. The second-order valence-corrected chi connectivity index (χ2v) is 5.09. The second-order valence-electron chi connectivity index (χ2n) is 5.09. The van der Waals surface area contributed by atoms with Crippen LogP contribution in [-0.4, -0.2) is 62.9 Å². The summed E-state index contributed by atoms with van der Waals surface area (Å²) >= 11 is 0. The lowest BCUT2D eigenvalue weighted by Crippen LogP contribution is -2.48. The predicted octanol–water partition coefficient (Wildman–Crippen LogP) is 0.392. The number of ether oxygens (including phenoxy) is 2. The van der Waals surface area contributed by atoms with Crippen LogP contribution in [0.2, 0.25) is 0 Å². The molecule has 2 rings (SSSR count). The highest BCUT2D eigenvalue weighted by Crippen LogP contribution is 2.13. The minimum atomic E-state index is 0.126. The Balaban J connectivity index is 1.70. The summed E-state index contributed by atoms with van der Waals surface area (Å²) in [6, 6.07) is 0.436. The van der Waals surface area contributed by atoms with Gasteiger partial charge in [0.05, 0.1) is 6.10 Å². The number of carbonyl (C=O) groups is 1. The van der Waals surface area contributed by atoms with E-state index in [2.05, 4.69) is 5.32 Å². The first-order valence-corrected chi connectivity index (χ1v) is 6.94. The molecule has 1 amide bonds. The third kappa shape index (κ3) is 3.93. The fourth-order valence-corrected chi connectivity index (χ4v) is 2.56. The highest BCUT2D eigenvalue weighted by molar-refractivity contribution is 5.77. The molecule has 0 aliphatic carbocycles. The molecule has 0 radical (unpaired) electrons. The van der Waals surface area contributed by atoms with E-state index in [9.17, 15) is 4.79 Å². The summed E-state index contributed by atoms with van der Waals surface area (Å²) in [5.41, 5.74) is 0. The number of carbonyl (C=O) groups excluding carboxylic acids is 1. The summed E-state index contributed by atoms with van der Waals surface area (Å²) in [5, 5.41) is 3.24. The van der Waals surface area contributed by atoms with Crippen LogP contribution >= 0.6 is 0 Å². The molecule has 0 aromatic carbocycles. The molecule has 5 heteroatoms. The van der Waals surface area contributed by atoms with E-state index in [1.807, 2.05) is 11.9 Å². The number of hydrogen-bond donors (Lipinski definition) is 1. The van der Waals surface area contributed by atoms with E-state index in [1.54, 1.807) is 0 Å².